The highest BCUT2D eigenvalue weighted by Gasteiger charge is 2.41. The zero-order valence-electron chi connectivity index (χ0n) is 14.9. The normalized spacial score (nSPS) is 22.4. The van der Waals surface area contributed by atoms with Crippen LogP contribution in [0.5, 0.6) is 0 Å². The van der Waals surface area contributed by atoms with E-state index >= 15 is 0 Å². The lowest BCUT2D eigenvalue weighted by Gasteiger charge is -2.20. The zero-order valence-corrected chi connectivity index (χ0v) is 14.9. The van der Waals surface area contributed by atoms with E-state index in [0.717, 1.165) is 55.1 Å². The predicted octanol–water partition coefficient (Wildman–Crippen LogP) is 2.74. The standard InChI is InChI=1S/C20H25N3O2/c1-14-10-17(14)20(24)22-7-6-19-21-12-18(23(19)9-8-22)16-5-3-4-15(11-16)13-25-2/h3-5,11-12,14,17H,6-10,13H2,1-2H3/t14-,17+/m1/s1. The smallest absolute Gasteiger partial charge is 0.226 e. The van der Waals surface area contributed by atoms with E-state index in [9.17, 15) is 4.79 Å². The van der Waals surface area contributed by atoms with Gasteiger partial charge in [-0.05, 0) is 24.0 Å². The summed E-state index contributed by atoms with van der Waals surface area (Å²) in [6.07, 6.45) is 3.84. The van der Waals surface area contributed by atoms with Crippen molar-refractivity contribution in [2.75, 3.05) is 20.2 Å². The lowest BCUT2D eigenvalue weighted by molar-refractivity contribution is -0.132. The number of aromatic nitrogens is 2. The van der Waals surface area contributed by atoms with E-state index in [0.29, 0.717) is 18.4 Å². The summed E-state index contributed by atoms with van der Waals surface area (Å²) in [4.78, 5) is 19.2. The molecule has 1 saturated carbocycles. The number of hydrogen-bond acceptors (Lipinski definition) is 3. The van der Waals surface area contributed by atoms with E-state index in [2.05, 4.69) is 40.7 Å². The van der Waals surface area contributed by atoms with Crippen LogP contribution in [0.2, 0.25) is 0 Å². The number of imidazole rings is 1. The molecule has 25 heavy (non-hydrogen) atoms. The van der Waals surface area contributed by atoms with Crippen molar-refractivity contribution in [2.24, 2.45) is 11.8 Å². The van der Waals surface area contributed by atoms with Crippen molar-refractivity contribution in [3.8, 4) is 11.3 Å². The molecule has 1 aromatic heterocycles. The van der Waals surface area contributed by atoms with E-state index in [4.69, 9.17) is 4.74 Å². The van der Waals surface area contributed by atoms with Gasteiger partial charge in [0.2, 0.25) is 5.91 Å². The van der Waals surface area contributed by atoms with E-state index < -0.39 is 0 Å². The van der Waals surface area contributed by atoms with E-state index in [-0.39, 0.29) is 5.92 Å². The van der Waals surface area contributed by atoms with Crippen molar-refractivity contribution < 1.29 is 9.53 Å². The van der Waals surface area contributed by atoms with Crippen LogP contribution in [0.3, 0.4) is 0 Å². The Kier molecular flexibility index (Phi) is 4.34. The van der Waals surface area contributed by atoms with Gasteiger partial charge >= 0.3 is 0 Å². The van der Waals surface area contributed by atoms with Crippen LogP contribution in [-0.2, 0) is 29.1 Å². The second-order valence-electron chi connectivity index (χ2n) is 7.24. The summed E-state index contributed by atoms with van der Waals surface area (Å²) in [7, 11) is 1.71. The molecule has 0 radical (unpaired) electrons. The van der Waals surface area contributed by atoms with Crippen LogP contribution >= 0.6 is 0 Å². The molecule has 1 fully saturated rings. The van der Waals surface area contributed by atoms with Crippen molar-refractivity contribution in [1.82, 2.24) is 14.5 Å². The van der Waals surface area contributed by atoms with Crippen LogP contribution in [0.4, 0.5) is 0 Å². The molecule has 2 aromatic rings. The molecule has 1 aliphatic carbocycles. The maximum absolute atomic E-state index is 12.6. The maximum Gasteiger partial charge on any atom is 0.226 e. The Morgan fingerprint density at radius 1 is 1.32 bits per heavy atom. The summed E-state index contributed by atoms with van der Waals surface area (Å²) in [6.45, 7) is 5.14. The Bertz CT molecular complexity index is 783. The first-order valence-electron chi connectivity index (χ1n) is 9.09. The van der Waals surface area contributed by atoms with Gasteiger partial charge in [-0.1, -0.05) is 25.1 Å². The van der Waals surface area contributed by atoms with Gasteiger partial charge in [-0.3, -0.25) is 4.79 Å². The van der Waals surface area contributed by atoms with Gasteiger partial charge in [0.1, 0.15) is 5.82 Å². The van der Waals surface area contributed by atoms with Crippen molar-refractivity contribution >= 4 is 5.91 Å². The number of benzene rings is 1. The molecule has 1 aromatic carbocycles. The van der Waals surface area contributed by atoms with Gasteiger partial charge in [0.15, 0.2) is 0 Å². The summed E-state index contributed by atoms with van der Waals surface area (Å²) in [5, 5.41) is 0. The number of rotatable bonds is 4. The lowest BCUT2D eigenvalue weighted by atomic mass is 10.1. The minimum absolute atomic E-state index is 0.260. The quantitative estimate of drug-likeness (QED) is 0.860. The fraction of sp³-hybridized carbons (Fsp3) is 0.500. The number of nitrogens with zero attached hydrogens (tertiary/aromatic N) is 3. The minimum Gasteiger partial charge on any atom is -0.380 e. The number of carbonyl (C=O) groups excluding carboxylic acids is 1. The maximum atomic E-state index is 12.6. The Morgan fingerprint density at radius 3 is 2.92 bits per heavy atom. The number of amides is 1. The van der Waals surface area contributed by atoms with Crippen molar-refractivity contribution in [3.05, 3.63) is 41.9 Å². The summed E-state index contributed by atoms with van der Waals surface area (Å²) in [5.41, 5.74) is 3.44. The third-order valence-electron chi connectivity index (χ3n) is 5.41. The van der Waals surface area contributed by atoms with E-state index in [1.165, 1.54) is 0 Å². The van der Waals surface area contributed by atoms with Crippen molar-refractivity contribution in [2.45, 2.75) is 32.9 Å². The average molecular weight is 339 g/mol. The Labute approximate surface area is 148 Å². The molecule has 5 nitrogen and oxygen atoms in total. The van der Waals surface area contributed by atoms with Crippen molar-refractivity contribution in [1.29, 1.82) is 0 Å². The molecule has 0 spiro atoms. The monoisotopic (exact) mass is 339 g/mol. The minimum atomic E-state index is 0.260. The fourth-order valence-corrected chi connectivity index (χ4v) is 3.77. The highest BCUT2D eigenvalue weighted by Crippen LogP contribution is 2.39. The van der Waals surface area contributed by atoms with E-state index in [1.54, 1.807) is 7.11 Å². The average Bonchev–Trinajstić information content (AvgIpc) is 3.27. The molecule has 2 heterocycles. The van der Waals surface area contributed by atoms with Gasteiger partial charge in [0.25, 0.3) is 0 Å². The van der Waals surface area contributed by atoms with Crippen LogP contribution < -0.4 is 0 Å². The number of carbonyl (C=O) groups is 1. The molecule has 2 atom stereocenters. The molecule has 5 heteroatoms. The number of ether oxygens (including phenoxy) is 1. The van der Waals surface area contributed by atoms with E-state index in [1.807, 2.05) is 11.1 Å². The summed E-state index contributed by atoms with van der Waals surface area (Å²) >= 11 is 0. The Morgan fingerprint density at radius 2 is 2.16 bits per heavy atom. The Balaban J connectivity index is 1.55. The summed E-state index contributed by atoms with van der Waals surface area (Å²) < 4.78 is 7.52. The molecule has 132 valence electrons. The first-order valence-corrected chi connectivity index (χ1v) is 9.09. The molecule has 0 N–H and O–H groups in total. The topological polar surface area (TPSA) is 47.4 Å². The van der Waals surface area contributed by atoms with Crippen molar-refractivity contribution in [3.63, 3.8) is 0 Å². The summed E-state index contributed by atoms with van der Waals surface area (Å²) in [6, 6.07) is 8.41. The van der Waals surface area contributed by atoms with Gasteiger partial charge in [0.05, 0.1) is 18.5 Å². The molecule has 0 saturated heterocycles. The Hall–Kier alpha value is -2.14. The number of hydrogen-bond donors (Lipinski definition) is 0. The third kappa shape index (κ3) is 3.21. The second-order valence-corrected chi connectivity index (χ2v) is 7.24. The first kappa shape index (κ1) is 16.3. The fourth-order valence-electron chi connectivity index (χ4n) is 3.77. The van der Waals surface area contributed by atoms with Gasteiger partial charge in [-0.25, -0.2) is 4.98 Å². The van der Waals surface area contributed by atoms with Crippen LogP contribution in [0, 0.1) is 11.8 Å². The molecular formula is C20H25N3O2. The van der Waals surface area contributed by atoms with Gasteiger partial charge in [-0.2, -0.15) is 0 Å². The van der Waals surface area contributed by atoms with Crippen LogP contribution in [0.1, 0.15) is 24.7 Å². The zero-order chi connectivity index (χ0) is 17.4. The van der Waals surface area contributed by atoms with Gasteiger partial charge in [-0.15, -0.1) is 0 Å². The second kappa shape index (κ2) is 6.64. The SMILES string of the molecule is COCc1cccc(-c2cnc3n2CCN(C(=O)[C@H]2C[C@H]2C)CC3)c1. The highest BCUT2D eigenvalue weighted by atomic mass is 16.5. The molecule has 4 rings (SSSR count). The molecule has 1 amide bonds. The van der Waals surface area contributed by atoms with Gasteiger partial charge in [0, 0.05) is 44.6 Å². The van der Waals surface area contributed by atoms with Crippen LogP contribution in [0.15, 0.2) is 30.5 Å². The van der Waals surface area contributed by atoms with Gasteiger partial charge < -0.3 is 14.2 Å². The molecular weight excluding hydrogens is 314 g/mol. The van der Waals surface area contributed by atoms with Crippen LogP contribution in [0.25, 0.3) is 11.3 Å². The number of methoxy groups -OCH3 is 1. The first-order chi connectivity index (χ1) is 12.2. The number of fused-ring (bicyclic) bond motifs is 1. The molecule has 2 aliphatic rings. The summed E-state index contributed by atoms with van der Waals surface area (Å²) in [5.74, 6) is 2.23. The highest BCUT2D eigenvalue weighted by molar-refractivity contribution is 5.81. The largest absolute Gasteiger partial charge is 0.380 e. The lowest BCUT2D eigenvalue weighted by Crippen LogP contribution is -2.35. The predicted molar refractivity (Wildman–Crippen MR) is 95.9 cm³/mol. The molecule has 0 bridgehead atoms. The molecule has 0 unspecified atom stereocenters. The van der Waals surface area contributed by atoms with Crippen LogP contribution in [-0.4, -0.2) is 40.6 Å². The molecule has 1 aliphatic heterocycles. The third-order valence-corrected chi connectivity index (χ3v) is 5.41.